The number of rotatable bonds is 4. The molecule has 0 aliphatic carbocycles. The summed E-state index contributed by atoms with van der Waals surface area (Å²) in [7, 11) is -1.27. The molecule has 0 aliphatic rings. The van der Waals surface area contributed by atoms with Crippen LogP contribution in [-0.4, -0.2) is 41.7 Å². The zero-order valence-corrected chi connectivity index (χ0v) is 15.2. The molecule has 0 saturated carbocycles. The van der Waals surface area contributed by atoms with Gasteiger partial charge in [-0.15, -0.1) is 0 Å². The Hall–Kier alpha value is -1.26. The number of hydrogen-bond acceptors (Lipinski definition) is 5. The van der Waals surface area contributed by atoms with E-state index in [1.54, 1.807) is 12.1 Å². The van der Waals surface area contributed by atoms with E-state index < -0.39 is 16.1 Å². The van der Waals surface area contributed by atoms with E-state index in [4.69, 9.17) is 23.2 Å². The predicted molar refractivity (Wildman–Crippen MR) is 92.1 cm³/mol. The van der Waals surface area contributed by atoms with Crippen LogP contribution in [0.5, 0.6) is 0 Å². The van der Waals surface area contributed by atoms with Crippen LogP contribution in [0.2, 0.25) is 10.0 Å². The van der Waals surface area contributed by atoms with E-state index in [1.165, 1.54) is 26.4 Å². The average Bonchev–Trinajstić information content (AvgIpc) is 2.91. The molecular formula is C12H12Cl2N4O3S2. The molecule has 0 spiro atoms. The topological polar surface area (TPSA) is 84.3 Å². The number of hydrogen-bond donors (Lipinski definition) is 2. The first-order chi connectivity index (χ1) is 10.7. The highest BCUT2D eigenvalue weighted by Crippen LogP contribution is 2.30. The van der Waals surface area contributed by atoms with Gasteiger partial charge in [-0.05, 0) is 18.2 Å². The third-order valence-corrected chi connectivity index (χ3v) is 5.35. The molecule has 124 valence electrons. The van der Waals surface area contributed by atoms with Gasteiger partial charge in [0.25, 0.3) is 5.91 Å². The summed E-state index contributed by atoms with van der Waals surface area (Å²) in [4.78, 5) is 15.9. The SMILES string of the molecule is CN(C)S(=O)(=O)n1cc(-c2ccc(Cl)cc2Cl)nc1C(=O)NS. The van der Waals surface area contributed by atoms with Gasteiger partial charge in [0.2, 0.25) is 5.82 Å². The van der Waals surface area contributed by atoms with Crippen molar-refractivity contribution in [3.8, 4) is 11.3 Å². The van der Waals surface area contributed by atoms with Gasteiger partial charge in [-0.25, -0.2) is 8.96 Å². The summed E-state index contributed by atoms with van der Waals surface area (Å²) in [5.41, 5.74) is 0.654. The molecule has 0 fully saturated rings. The van der Waals surface area contributed by atoms with Crippen LogP contribution in [0.25, 0.3) is 11.3 Å². The van der Waals surface area contributed by atoms with Gasteiger partial charge < -0.3 is 0 Å². The Morgan fingerprint density at radius 3 is 2.52 bits per heavy atom. The van der Waals surface area contributed by atoms with E-state index in [9.17, 15) is 13.2 Å². The molecule has 1 amide bonds. The maximum absolute atomic E-state index is 12.3. The Morgan fingerprint density at radius 1 is 1.35 bits per heavy atom. The van der Waals surface area contributed by atoms with Crippen molar-refractivity contribution in [2.45, 2.75) is 0 Å². The lowest BCUT2D eigenvalue weighted by Gasteiger charge is -2.13. The third kappa shape index (κ3) is 3.48. The van der Waals surface area contributed by atoms with Gasteiger partial charge in [0.1, 0.15) is 0 Å². The fourth-order valence-corrected chi connectivity index (χ4v) is 3.28. The molecule has 7 nitrogen and oxygen atoms in total. The zero-order chi connectivity index (χ0) is 17.4. The van der Waals surface area contributed by atoms with Crippen molar-refractivity contribution in [1.82, 2.24) is 18.0 Å². The van der Waals surface area contributed by atoms with Crippen LogP contribution in [-0.2, 0) is 10.2 Å². The van der Waals surface area contributed by atoms with Gasteiger partial charge in [0, 0.05) is 24.7 Å². The van der Waals surface area contributed by atoms with Crippen molar-refractivity contribution in [2.75, 3.05) is 14.1 Å². The number of nitrogens with one attached hydrogen (secondary N) is 1. The number of thiol groups is 1. The first-order valence-electron chi connectivity index (χ1n) is 6.10. The van der Waals surface area contributed by atoms with E-state index in [-0.39, 0.29) is 16.5 Å². The Labute approximate surface area is 148 Å². The number of amides is 1. The number of benzene rings is 1. The molecule has 0 unspecified atom stereocenters. The van der Waals surface area contributed by atoms with Gasteiger partial charge in [0.15, 0.2) is 0 Å². The molecular weight excluding hydrogens is 383 g/mol. The molecule has 1 aromatic heterocycles. The van der Waals surface area contributed by atoms with Crippen LogP contribution in [0.3, 0.4) is 0 Å². The largest absolute Gasteiger partial charge is 0.308 e. The number of aromatic nitrogens is 2. The first kappa shape index (κ1) is 18.1. The van der Waals surface area contributed by atoms with Crippen LogP contribution >= 0.6 is 36.0 Å². The Balaban J connectivity index is 2.70. The average molecular weight is 395 g/mol. The summed E-state index contributed by atoms with van der Waals surface area (Å²) in [6.07, 6.45) is 1.21. The number of nitrogens with zero attached hydrogens (tertiary/aromatic N) is 3. The highest BCUT2D eigenvalue weighted by atomic mass is 35.5. The molecule has 1 N–H and O–H groups in total. The molecule has 2 aromatic rings. The number of carbonyl (C=O) groups is 1. The molecule has 0 bridgehead atoms. The summed E-state index contributed by atoms with van der Waals surface area (Å²) in [5, 5.41) is 0.703. The van der Waals surface area contributed by atoms with Crippen molar-refractivity contribution in [3.05, 3.63) is 40.3 Å². The third-order valence-electron chi connectivity index (χ3n) is 2.90. The van der Waals surface area contributed by atoms with Gasteiger partial charge in [-0.2, -0.15) is 12.7 Å². The fourth-order valence-electron chi connectivity index (χ4n) is 1.74. The smallest absolute Gasteiger partial charge is 0.296 e. The van der Waals surface area contributed by atoms with Crippen molar-refractivity contribution in [1.29, 1.82) is 0 Å². The second-order valence-electron chi connectivity index (χ2n) is 4.60. The lowest BCUT2D eigenvalue weighted by molar-refractivity contribution is 0.0974. The number of carbonyl (C=O) groups excluding carboxylic acids is 1. The molecule has 1 aromatic carbocycles. The van der Waals surface area contributed by atoms with E-state index in [2.05, 4.69) is 22.5 Å². The van der Waals surface area contributed by atoms with Crippen LogP contribution < -0.4 is 4.72 Å². The summed E-state index contributed by atoms with van der Waals surface area (Å²) < 4.78 is 28.5. The molecule has 0 atom stereocenters. The standard InChI is InChI=1S/C12H12Cl2N4O3S2/c1-17(2)23(20,21)18-6-10(15-11(18)12(19)16-22)8-4-3-7(13)5-9(8)14/h3-6,22H,1-2H3,(H,16,19). The van der Waals surface area contributed by atoms with Gasteiger partial charge >= 0.3 is 10.2 Å². The Morgan fingerprint density at radius 2 is 2.00 bits per heavy atom. The van der Waals surface area contributed by atoms with E-state index in [0.717, 1.165) is 8.28 Å². The predicted octanol–water partition coefficient (Wildman–Crippen LogP) is 2.09. The van der Waals surface area contributed by atoms with Crippen molar-refractivity contribution >= 4 is 52.1 Å². The molecule has 0 aliphatic heterocycles. The highest BCUT2D eigenvalue weighted by Gasteiger charge is 2.26. The Bertz CT molecular complexity index is 865. The minimum Gasteiger partial charge on any atom is -0.296 e. The van der Waals surface area contributed by atoms with Crippen LogP contribution in [0.4, 0.5) is 0 Å². The molecule has 1 heterocycles. The summed E-state index contributed by atoms with van der Waals surface area (Å²) in [5.74, 6) is -1.11. The van der Waals surface area contributed by atoms with E-state index in [0.29, 0.717) is 10.6 Å². The molecule has 0 saturated heterocycles. The summed E-state index contributed by atoms with van der Waals surface area (Å²) in [6, 6.07) is 4.67. The van der Waals surface area contributed by atoms with E-state index in [1.807, 2.05) is 0 Å². The lowest BCUT2D eigenvalue weighted by atomic mass is 10.2. The summed E-state index contributed by atoms with van der Waals surface area (Å²) in [6.45, 7) is 0. The quantitative estimate of drug-likeness (QED) is 0.777. The molecule has 0 radical (unpaired) electrons. The molecule has 2 rings (SSSR count). The summed E-state index contributed by atoms with van der Waals surface area (Å²) >= 11 is 15.6. The second-order valence-corrected chi connectivity index (χ2v) is 7.69. The maximum atomic E-state index is 12.3. The molecule has 11 heteroatoms. The van der Waals surface area contributed by atoms with Crippen molar-refractivity contribution in [3.63, 3.8) is 0 Å². The first-order valence-corrected chi connectivity index (χ1v) is 8.70. The fraction of sp³-hybridized carbons (Fsp3) is 0.167. The van der Waals surface area contributed by atoms with Crippen molar-refractivity contribution < 1.29 is 13.2 Å². The normalized spacial score (nSPS) is 11.7. The number of halogens is 2. The van der Waals surface area contributed by atoms with E-state index >= 15 is 0 Å². The number of imidazole rings is 1. The van der Waals surface area contributed by atoms with Crippen LogP contribution in [0.1, 0.15) is 10.6 Å². The zero-order valence-electron chi connectivity index (χ0n) is 12.0. The van der Waals surface area contributed by atoms with Gasteiger partial charge in [-0.3, -0.25) is 9.52 Å². The maximum Gasteiger partial charge on any atom is 0.308 e. The lowest BCUT2D eigenvalue weighted by Crippen LogP contribution is -2.32. The van der Waals surface area contributed by atoms with Gasteiger partial charge in [-0.1, -0.05) is 36.0 Å². The van der Waals surface area contributed by atoms with Crippen molar-refractivity contribution in [2.24, 2.45) is 0 Å². The van der Waals surface area contributed by atoms with Crippen LogP contribution in [0, 0.1) is 0 Å². The van der Waals surface area contributed by atoms with Crippen LogP contribution in [0.15, 0.2) is 24.4 Å². The monoisotopic (exact) mass is 394 g/mol. The Kier molecular flexibility index (Phi) is 5.27. The minimum atomic E-state index is -3.95. The molecule has 23 heavy (non-hydrogen) atoms. The minimum absolute atomic E-state index is 0.212. The second kappa shape index (κ2) is 6.70. The van der Waals surface area contributed by atoms with Gasteiger partial charge in [0.05, 0.1) is 16.9 Å². The highest BCUT2D eigenvalue weighted by molar-refractivity contribution is 7.87.